The van der Waals surface area contributed by atoms with E-state index >= 15 is 0 Å². The van der Waals surface area contributed by atoms with Crippen LogP contribution in [0.2, 0.25) is 0 Å². The molecule has 0 aliphatic rings. The molecule has 0 bridgehead atoms. The average molecular weight is 206 g/mol. The van der Waals surface area contributed by atoms with Crippen LogP contribution in [0.3, 0.4) is 0 Å². The summed E-state index contributed by atoms with van der Waals surface area (Å²) in [6.45, 7) is 0. The first-order valence-electron chi connectivity index (χ1n) is 4.47. The van der Waals surface area contributed by atoms with Gasteiger partial charge in [-0.3, -0.25) is 4.79 Å². The Morgan fingerprint density at radius 3 is 3.13 bits per heavy atom. The molecule has 0 aliphatic carbocycles. The number of aromatic nitrogens is 1. The topological polar surface area (TPSA) is 89.4 Å². The molecule has 1 atom stereocenters. The van der Waals surface area contributed by atoms with E-state index in [0.717, 1.165) is 5.56 Å². The molecular formula is C10H10N2O3. The smallest absolute Gasteiger partial charge is 0.320 e. The third kappa shape index (κ3) is 1.97. The number of nitrogens with two attached hydrogens (primary N) is 1. The molecule has 5 nitrogen and oxygen atoms in total. The van der Waals surface area contributed by atoms with Crippen LogP contribution in [0.25, 0.3) is 11.1 Å². The minimum absolute atomic E-state index is 0.290. The molecule has 15 heavy (non-hydrogen) atoms. The van der Waals surface area contributed by atoms with Gasteiger partial charge in [0.15, 0.2) is 12.0 Å². The van der Waals surface area contributed by atoms with Crippen molar-refractivity contribution in [3.05, 3.63) is 30.2 Å². The highest BCUT2D eigenvalue weighted by molar-refractivity contribution is 5.75. The second kappa shape index (κ2) is 3.70. The Balaban J connectivity index is 2.24. The summed E-state index contributed by atoms with van der Waals surface area (Å²) in [5, 5.41) is 8.66. The number of hydrogen-bond donors (Lipinski definition) is 2. The van der Waals surface area contributed by atoms with Gasteiger partial charge in [0, 0.05) is 0 Å². The fourth-order valence-electron chi connectivity index (χ4n) is 1.37. The molecule has 1 unspecified atom stereocenters. The largest absolute Gasteiger partial charge is 0.480 e. The van der Waals surface area contributed by atoms with E-state index in [2.05, 4.69) is 4.98 Å². The lowest BCUT2D eigenvalue weighted by molar-refractivity contribution is -0.138. The number of aliphatic carboxylic acids is 1. The zero-order chi connectivity index (χ0) is 10.8. The number of carboxylic acids is 1. The normalized spacial score (nSPS) is 12.9. The molecule has 78 valence electrons. The molecule has 0 saturated heterocycles. The summed E-state index contributed by atoms with van der Waals surface area (Å²) in [5.41, 5.74) is 7.66. The lowest BCUT2D eigenvalue weighted by Crippen LogP contribution is -2.32. The van der Waals surface area contributed by atoms with Crippen molar-refractivity contribution in [2.75, 3.05) is 0 Å². The van der Waals surface area contributed by atoms with E-state index in [1.165, 1.54) is 6.39 Å². The van der Waals surface area contributed by atoms with Crippen molar-refractivity contribution in [3.8, 4) is 0 Å². The van der Waals surface area contributed by atoms with Crippen molar-refractivity contribution < 1.29 is 14.3 Å². The SMILES string of the molecule is NC(Cc1ccc2ocnc2c1)C(=O)O. The van der Waals surface area contributed by atoms with E-state index in [0.29, 0.717) is 11.1 Å². The van der Waals surface area contributed by atoms with E-state index in [1.54, 1.807) is 18.2 Å². The number of benzene rings is 1. The average Bonchev–Trinajstić information content (AvgIpc) is 2.64. The number of rotatable bonds is 3. The summed E-state index contributed by atoms with van der Waals surface area (Å²) in [7, 11) is 0. The van der Waals surface area contributed by atoms with Crippen LogP contribution < -0.4 is 5.73 Å². The van der Waals surface area contributed by atoms with Gasteiger partial charge in [0.2, 0.25) is 0 Å². The molecule has 0 amide bonds. The van der Waals surface area contributed by atoms with E-state index in [-0.39, 0.29) is 6.42 Å². The maximum atomic E-state index is 10.6. The van der Waals surface area contributed by atoms with Gasteiger partial charge in [-0.15, -0.1) is 0 Å². The van der Waals surface area contributed by atoms with Crippen LogP contribution in [-0.2, 0) is 11.2 Å². The fraction of sp³-hybridized carbons (Fsp3) is 0.200. The first-order chi connectivity index (χ1) is 7.16. The third-order valence-electron chi connectivity index (χ3n) is 2.17. The summed E-state index contributed by atoms with van der Waals surface area (Å²) >= 11 is 0. The van der Waals surface area contributed by atoms with E-state index in [4.69, 9.17) is 15.3 Å². The van der Waals surface area contributed by atoms with Gasteiger partial charge in [-0.1, -0.05) is 6.07 Å². The number of nitrogens with zero attached hydrogens (tertiary/aromatic N) is 1. The molecule has 2 aromatic rings. The van der Waals surface area contributed by atoms with Crippen molar-refractivity contribution in [1.29, 1.82) is 0 Å². The highest BCUT2D eigenvalue weighted by atomic mass is 16.4. The third-order valence-corrected chi connectivity index (χ3v) is 2.17. The van der Waals surface area contributed by atoms with Gasteiger partial charge in [-0.2, -0.15) is 0 Å². The number of oxazole rings is 1. The van der Waals surface area contributed by atoms with Gasteiger partial charge < -0.3 is 15.3 Å². The zero-order valence-corrected chi connectivity index (χ0v) is 7.88. The molecule has 5 heteroatoms. The Labute approximate surface area is 85.5 Å². The van der Waals surface area contributed by atoms with E-state index < -0.39 is 12.0 Å². The number of hydrogen-bond acceptors (Lipinski definition) is 4. The highest BCUT2D eigenvalue weighted by Crippen LogP contribution is 2.14. The van der Waals surface area contributed by atoms with Gasteiger partial charge in [-0.05, 0) is 24.1 Å². The maximum Gasteiger partial charge on any atom is 0.320 e. The Kier molecular flexibility index (Phi) is 2.39. The van der Waals surface area contributed by atoms with Crippen molar-refractivity contribution in [1.82, 2.24) is 4.98 Å². The monoisotopic (exact) mass is 206 g/mol. The Morgan fingerprint density at radius 1 is 1.60 bits per heavy atom. The minimum atomic E-state index is -1.00. The van der Waals surface area contributed by atoms with Crippen LogP contribution in [0.15, 0.2) is 29.0 Å². The summed E-state index contributed by atoms with van der Waals surface area (Å²) in [6.07, 6.45) is 1.64. The van der Waals surface area contributed by atoms with Crippen LogP contribution in [0.5, 0.6) is 0 Å². The quantitative estimate of drug-likeness (QED) is 0.774. The van der Waals surface area contributed by atoms with Crippen molar-refractivity contribution >= 4 is 17.1 Å². The fourth-order valence-corrected chi connectivity index (χ4v) is 1.37. The molecule has 0 aliphatic heterocycles. The van der Waals surface area contributed by atoms with Crippen LogP contribution >= 0.6 is 0 Å². The van der Waals surface area contributed by atoms with Crippen LogP contribution in [-0.4, -0.2) is 22.1 Å². The first-order valence-corrected chi connectivity index (χ1v) is 4.47. The molecule has 1 aromatic carbocycles. The second-order valence-corrected chi connectivity index (χ2v) is 3.30. The van der Waals surface area contributed by atoms with Crippen molar-refractivity contribution in [2.45, 2.75) is 12.5 Å². The van der Waals surface area contributed by atoms with Crippen LogP contribution in [0.1, 0.15) is 5.56 Å². The molecule has 1 aromatic heterocycles. The molecule has 0 fully saturated rings. The first kappa shape index (κ1) is 9.67. The highest BCUT2D eigenvalue weighted by Gasteiger charge is 2.12. The van der Waals surface area contributed by atoms with E-state index in [9.17, 15) is 4.79 Å². The summed E-state index contributed by atoms with van der Waals surface area (Å²) < 4.78 is 5.07. The predicted octanol–water partition coefficient (Wildman–Crippen LogP) is 0.782. The summed E-state index contributed by atoms with van der Waals surface area (Å²) in [5.74, 6) is -1.00. The van der Waals surface area contributed by atoms with Crippen molar-refractivity contribution in [3.63, 3.8) is 0 Å². The number of carbonyl (C=O) groups is 1. The number of fused-ring (bicyclic) bond motifs is 1. The van der Waals surface area contributed by atoms with Crippen LogP contribution in [0, 0.1) is 0 Å². The lowest BCUT2D eigenvalue weighted by atomic mass is 10.1. The van der Waals surface area contributed by atoms with E-state index in [1.807, 2.05) is 0 Å². The molecular weight excluding hydrogens is 196 g/mol. The van der Waals surface area contributed by atoms with Gasteiger partial charge in [-0.25, -0.2) is 4.98 Å². The standard InChI is InChI=1S/C10H10N2O3/c11-7(10(13)14)3-6-1-2-9-8(4-6)12-5-15-9/h1-2,4-5,7H,3,11H2,(H,13,14). The Morgan fingerprint density at radius 2 is 2.40 bits per heavy atom. The molecule has 2 rings (SSSR count). The maximum absolute atomic E-state index is 10.6. The van der Waals surface area contributed by atoms with Gasteiger partial charge >= 0.3 is 5.97 Å². The molecule has 0 saturated carbocycles. The predicted molar refractivity (Wildman–Crippen MR) is 53.3 cm³/mol. The Bertz CT molecular complexity index is 492. The van der Waals surface area contributed by atoms with Gasteiger partial charge in [0.05, 0.1) is 0 Å². The minimum Gasteiger partial charge on any atom is -0.480 e. The van der Waals surface area contributed by atoms with Crippen molar-refractivity contribution in [2.24, 2.45) is 5.73 Å². The van der Waals surface area contributed by atoms with Gasteiger partial charge in [0.25, 0.3) is 0 Å². The van der Waals surface area contributed by atoms with Gasteiger partial charge in [0.1, 0.15) is 11.6 Å². The summed E-state index contributed by atoms with van der Waals surface area (Å²) in [4.78, 5) is 14.5. The Hall–Kier alpha value is -1.88. The molecule has 1 heterocycles. The number of carboxylic acid groups (broad SMARTS) is 1. The molecule has 0 spiro atoms. The zero-order valence-electron chi connectivity index (χ0n) is 7.88. The lowest BCUT2D eigenvalue weighted by Gasteiger charge is -2.05. The second-order valence-electron chi connectivity index (χ2n) is 3.30. The molecule has 0 radical (unpaired) electrons. The molecule has 3 N–H and O–H groups in total. The van der Waals surface area contributed by atoms with Crippen LogP contribution in [0.4, 0.5) is 0 Å². The summed E-state index contributed by atoms with van der Waals surface area (Å²) in [6, 6.07) is 4.44.